The summed E-state index contributed by atoms with van der Waals surface area (Å²) < 4.78 is 11.2. The number of aromatic nitrogens is 1. The van der Waals surface area contributed by atoms with Crippen molar-refractivity contribution in [1.29, 1.82) is 0 Å². The molecule has 0 unspecified atom stereocenters. The molecule has 0 aliphatic carbocycles. The first-order chi connectivity index (χ1) is 16.6. The largest absolute Gasteiger partial charge is 0.496 e. The maximum absolute atomic E-state index is 13.1. The number of piperazine rings is 1. The Morgan fingerprint density at radius 2 is 1.85 bits per heavy atom. The first kappa shape index (κ1) is 21.5. The molecule has 3 heterocycles. The average Bonchev–Trinajstić information content (AvgIpc) is 2.89. The number of hydrogen-bond donors (Lipinski definition) is 1. The van der Waals surface area contributed by atoms with E-state index in [4.69, 9.17) is 9.47 Å². The lowest BCUT2D eigenvalue weighted by Gasteiger charge is -2.35. The van der Waals surface area contributed by atoms with Crippen LogP contribution in [0.3, 0.4) is 0 Å². The van der Waals surface area contributed by atoms with Crippen LogP contribution in [-0.2, 0) is 4.79 Å². The molecule has 5 rings (SSSR count). The van der Waals surface area contributed by atoms with Gasteiger partial charge in [0.15, 0.2) is 11.5 Å². The van der Waals surface area contributed by atoms with Gasteiger partial charge in [-0.3, -0.25) is 9.59 Å². The molecule has 3 aromatic rings. The van der Waals surface area contributed by atoms with Gasteiger partial charge in [0.1, 0.15) is 11.6 Å². The van der Waals surface area contributed by atoms with E-state index in [-0.39, 0.29) is 17.6 Å². The van der Waals surface area contributed by atoms with Crippen LogP contribution in [0, 0.1) is 0 Å². The van der Waals surface area contributed by atoms with Gasteiger partial charge in [-0.1, -0.05) is 24.3 Å². The molecule has 0 atom stereocenters. The zero-order valence-electron chi connectivity index (χ0n) is 18.7. The first-order valence-corrected chi connectivity index (χ1v) is 11.1. The van der Waals surface area contributed by atoms with Crippen LogP contribution in [0.1, 0.15) is 15.9 Å². The van der Waals surface area contributed by atoms with Crippen molar-refractivity contribution >= 4 is 29.4 Å². The van der Waals surface area contributed by atoms with Crippen molar-refractivity contribution in [2.24, 2.45) is 0 Å². The SMILES string of the molecule is COc1ccccc1C=C1Oc2ccc(C(=O)N3CCN(c4ccccn4)CC3)cc2NC1=O. The highest BCUT2D eigenvalue weighted by molar-refractivity contribution is 6.09. The number of nitrogens with zero attached hydrogens (tertiary/aromatic N) is 3. The van der Waals surface area contributed by atoms with Gasteiger partial charge in [-0.05, 0) is 42.5 Å². The fourth-order valence-corrected chi connectivity index (χ4v) is 4.08. The third-order valence-electron chi connectivity index (χ3n) is 5.88. The predicted octanol–water partition coefficient (Wildman–Crippen LogP) is 3.42. The maximum atomic E-state index is 13.1. The molecule has 2 aliphatic heterocycles. The van der Waals surface area contributed by atoms with Gasteiger partial charge in [-0.15, -0.1) is 0 Å². The van der Waals surface area contributed by atoms with E-state index in [1.165, 1.54) is 0 Å². The van der Waals surface area contributed by atoms with Crippen LogP contribution in [0.15, 0.2) is 72.6 Å². The standard InChI is InChI=1S/C26H24N4O4/c1-33-21-7-3-2-6-18(21)17-23-25(31)28-20-16-19(9-10-22(20)34-23)26(32)30-14-12-29(13-15-30)24-8-4-5-11-27-24/h2-11,16-17H,12-15H2,1H3,(H,28,31). The van der Waals surface area contributed by atoms with E-state index < -0.39 is 0 Å². The van der Waals surface area contributed by atoms with Crippen molar-refractivity contribution < 1.29 is 19.1 Å². The minimum absolute atomic E-state index is 0.0759. The van der Waals surface area contributed by atoms with Crippen LogP contribution >= 0.6 is 0 Å². The molecule has 2 aromatic carbocycles. The summed E-state index contributed by atoms with van der Waals surface area (Å²) in [6.07, 6.45) is 3.41. The van der Waals surface area contributed by atoms with Crippen molar-refractivity contribution in [2.45, 2.75) is 0 Å². The van der Waals surface area contributed by atoms with Crippen LogP contribution in [0.4, 0.5) is 11.5 Å². The van der Waals surface area contributed by atoms with Crippen LogP contribution in [0.2, 0.25) is 0 Å². The number of fused-ring (bicyclic) bond motifs is 1. The third-order valence-corrected chi connectivity index (χ3v) is 5.88. The first-order valence-electron chi connectivity index (χ1n) is 11.1. The van der Waals surface area contributed by atoms with Crippen molar-refractivity contribution in [3.63, 3.8) is 0 Å². The fourth-order valence-electron chi connectivity index (χ4n) is 4.08. The molecule has 0 radical (unpaired) electrons. The van der Waals surface area contributed by atoms with E-state index in [9.17, 15) is 9.59 Å². The van der Waals surface area contributed by atoms with Crippen LogP contribution < -0.4 is 19.7 Å². The number of ether oxygens (including phenoxy) is 2. The minimum atomic E-state index is -0.382. The molecular weight excluding hydrogens is 432 g/mol. The topological polar surface area (TPSA) is 84.0 Å². The third kappa shape index (κ3) is 4.30. The summed E-state index contributed by atoms with van der Waals surface area (Å²) in [6.45, 7) is 2.62. The molecule has 2 amide bonds. The number of methoxy groups -OCH3 is 1. The number of anilines is 2. The molecule has 1 aromatic heterocycles. The highest BCUT2D eigenvalue weighted by Crippen LogP contribution is 2.33. The summed E-state index contributed by atoms with van der Waals surface area (Å²) in [5.41, 5.74) is 1.71. The van der Waals surface area contributed by atoms with Crippen molar-refractivity contribution in [1.82, 2.24) is 9.88 Å². The summed E-state index contributed by atoms with van der Waals surface area (Å²) in [6, 6.07) is 18.3. The van der Waals surface area contributed by atoms with Crippen molar-refractivity contribution in [3.05, 3.63) is 83.7 Å². The van der Waals surface area contributed by atoms with Gasteiger partial charge in [-0.2, -0.15) is 0 Å². The monoisotopic (exact) mass is 456 g/mol. The quantitative estimate of drug-likeness (QED) is 0.606. The van der Waals surface area contributed by atoms with Crippen LogP contribution in [-0.4, -0.2) is 55.0 Å². The number of benzene rings is 2. The lowest BCUT2D eigenvalue weighted by atomic mass is 10.1. The molecule has 0 saturated carbocycles. The highest BCUT2D eigenvalue weighted by atomic mass is 16.5. The Morgan fingerprint density at radius 3 is 2.62 bits per heavy atom. The second-order valence-electron chi connectivity index (χ2n) is 7.98. The molecule has 1 saturated heterocycles. The smallest absolute Gasteiger partial charge is 0.291 e. The predicted molar refractivity (Wildman–Crippen MR) is 129 cm³/mol. The van der Waals surface area contributed by atoms with Gasteiger partial charge in [0, 0.05) is 43.5 Å². The summed E-state index contributed by atoms with van der Waals surface area (Å²) in [4.78, 5) is 34.1. The molecule has 172 valence electrons. The van der Waals surface area contributed by atoms with Gasteiger partial charge < -0.3 is 24.6 Å². The van der Waals surface area contributed by atoms with Crippen molar-refractivity contribution in [3.8, 4) is 11.5 Å². The molecular formula is C26H24N4O4. The molecule has 8 nitrogen and oxygen atoms in total. The Labute approximate surface area is 197 Å². The molecule has 0 spiro atoms. The maximum Gasteiger partial charge on any atom is 0.291 e. The van der Waals surface area contributed by atoms with Gasteiger partial charge >= 0.3 is 0 Å². The number of rotatable bonds is 4. The van der Waals surface area contributed by atoms with Gasteiger partial charge in [0.25, 0.3) is 11.8 Å². The number of amides is 2. The highest BCUT2D eigenvalue weighted by Gasteiger charge is 2.26. The number of carbonyl (C=O) groups excluding carboxylic acids is 2. The normalized spacial score (nSPS) is 16.5. The Morgan fingerprint density at radius 1 is 1.06 bits per heavy atom. The Kier molecular flexibility index (Phi) is 5.86. The minimum Gasteiger partial charge on any atom is -0.496 e. The molecule has 8 heteroatoms. The van der Waals surface area contributed by atoms with E-state index in [1.807, 2.05) is 47.4 Å². The van der Waals surface area contributed by atoms with E-state index in [0.29, 0.717) is 48.9 Å². The second kappa shape index (κ2) is 9.27. The fraction of sp³-hybridized carbons (Fsp3) is 0.192. The second-order valence-corrected chi connectivity index (χ2v) is 7.98. The molecule has 34 heavy (non-hydrogen) atoms. The van der Waals surface area contributed by atoms with Gasteiger partial charge in [0.05, 0.1) is 12.8 Å². The molecule has 2 aliphatic rings. The van der Waals surface area contributed by atoms with Crippen LogP contribution in [0.5, 0.6) is 11.5 Å². The molecule has 1 N–H and O–H groups in total. The number of carbonyl (C=O) groups is 2. The average molecular weight is 457 g/mol. The Bertz CT molecular complexity index is 1250. The Hall–Kier alpha value is -4.33. The van der Waals surface area contributed by atoms with Gasteiger partial charge in [0.2, 0.25) is 0 Å². The van der Waals surface area contributed by atoms with E-state index >= 15 is 0 Å². The van der Waals surface area contributed by atoms with Crippen molar-refractivity contribution in [2.75, 3.05) is 43.5 Å². The Balaban J connectivity index is 1.29. The number of para-hydroxylation sites is 1. The zero-order chi connectivity index (χ0) is 23.5. The summed E-state index contributed by atoms with van der Waals surface area (Å²) >= 11 is 0. The lowest BCUT2D eigenvalue weighted by molar-refractivity contribution is -0.115. The van der Waals surface area contributed by atoms with Gasteiger partial charge in [-0.25, -0.2) is 4.98 Å². The summed E-state index contributed by atoms with van der Waals surface area (Å²) in [5.74, 6) is 1.74. The molecule has 1 fully saturated rings. The number of hydrogen-bond acceptors (Lipinski definition) is 6. The van der Waals surface area contributed by atoms with E-state index in [1.54, 1.807) is 37.6 Å². The van der Waals surface area contributed by atoms with E-state index in [0.717, 1.165) is 11.4 Å². The zero-order valence-corrected chi connectivity index (χ0v) is 18.7. The summed E-state index contributed by atoms with van der Waals surface area (Å²) in [7, 11) is 1.57. The number of nitrogens with one attached hydrogen (secondary N) is 1. The number of pyridine rings is 1. The lowest BCUT2D eigenvalue weighted by Crippen LogP contribution is -2.49. The summed E-state index contributed by atoms with van der Waals surface area (Å²) in [5, 5.41) is 2.83. The van der Waals surface area contributed by atoms with E-state index in [2.05, 4.69) is 15.2 Å². The van der Waals surface area contributed by atoms with Crippen LogP contribution in [0.25, 0.3) is 6.08 Å². The molecule has 0 bridgehead atoms.